The molecule has 0 unspecified atom stereocenters. The van der Waals surface area contributed by atoms with Crippen molar-refractivity contribution in [3.63, 3.8) is 0 Å². The number of rotatable bonds is 8. The van der Waals surface area contributed by atoms with E-state index in [1.807, 2.05) is 42.0 Å². The summed E-state index contributed by atoms with van der Waals surface area (Å²) in [6, 6.07) is 12.3. The van der Waals surface area contributed by atoms with E-state index in [9.17, 15) is 9.18 Å². The molecule has 0 fully saturated rings. The molecule has 2 aromatic carbocycles. The third-order valence-electron chi connectivity index (χ3n) is 4.89. The molecule has 0 aliphatic heterocycles. The van der Waals surface area contributed by atoms with Crippen molar-refractivity contribution in [2.75, 3.05) is 19.4 Å². The van der Waals surface area contributed by atoms with Gasteiger partial charge in [-0.25, -0.2) is 4.39 Å². The zero-order chi connectivity index (χ0) is 21.8. The number of H-pyrrole nitrogens is 1. The van der Waals surface area contributed by atoms with Gasteiger partial charge in [0.05, 0.1) is 18.6 Å². The van der Waals surface area contributed by atoms with Crippen molar-refractivity contribution in [1.29, 1.82) is 0 Å². The largest absolute Gasteiger partial charge is 0.497 e. The van der Waals surface area contributed by atoms with Crippen molar-refractivity contribution in [1.82, 2.24) is 25.1 Å². The van der Waals surface area contributed by atoms with Gasteiger partial charge in [0, 0.05) is 29.7 Å². The highest BCUT2D eigenvalue weighted by molar-refractivity contribution is 7.99. The van der Waals surface area contributed by atoms with E-state index in [2.05, 4.69) is 20.5 Å². The number of amides is 1. The Morgan fingerprint density at radius 1 is 1.26 bits per heavy atom. The third kappa shape index (κ3) is 4.72. The van der Waals surface area contributed by atoms with Gasteiger partial charge in [0.1, 0.15) is 17.4 Å². The summed E-state index contributed by atoms with van der Waals surface area (Å²) in [4.78, 5) is 15.4. The molecule has 4 aromatic rings. The third-order valence-corrected chi connectivity index (χ3v) is 5.81. The molecule has 160 valence electrons. The zero-order valence-electron chi connectivity index (χ0n) is 17.2. The van der Waals surface area contributed by atoms with Gasteiger partial charge in [0.2, 0.25) is 5.91 Å². The van der Waals surface area contributed by atoms with Gasteiger partial charge in [-0.15, -0.1) is 10.2 Å². The SMILES string of the molecule is COc1cccc(-n2c(C)nnc2SCC(=O)NCCc2c[nH]c3cc(F)ccc23)c1. The molecule has 0 bridgehead atoms. The van der Waals surface area contributed by atoms with Crippen molar-refractivity contribution in [3.05, 3.63) is 65.9 Å². The molecular weight excluding hydrogens is 417 g/mol. The van der Waals surface area contributed by atoms with Gasteiger partial charge in [-0.1, -0.05) is 17.8 Å². The molecule has 9 heteroatoms. The molecule has 0 spiro atoms. The lowest BCUT2D eigenvalue weighted by Crippen LogP contribution is -2.27. The number of nitrogens with one attached hydrogen (secondary N) is 2. The van der Waals surface area contributed by atoms with Gasteiger partial charge in [-0.05, 0) is 49.2 Å². The number of halogens is 1. The average molecular weight is 440 g/mol. The van der Waals surface area contributed by atoms with Crippen LogP contribution in [-0.2, 0) is 11.2 Å². The van der Waals surface area contributed by atoms with Gasteiger partial charge < -0.3 is 15.0 Å². The molecular formula is C22H22FN5O2S. The Bertz CT molecular complexity index is 1220. The summed E-state index contributed by atoms with van der Waals surface area (Å²) in [5, 5.41) is 12.9. The molecule has 31 heavy (non-hydrogen) atoms. The van der Waals surface area contributed by atoms with Crippen LogP contribution < -0.4 is 10.1 Å². The highest BCUT2D eigenvalue weighted by atomic mass is 32.2. The average Bonchev–Trinajstić information content (AvgIpc) is 3.35. The van der Waals surface area contributed by atoms with E-state index in [4.69, 9.17) is 4.74 Å². The Balaban J connectivity index is 1.34. The maximum atomic E-state index is 13.3. The monoisotopic (exact) mass is 439 g/mol. The van der Waals surface area contributed by atoms with Gasteiger partial charge in [0.25, 0.3) is 0 Å². The summed E-state index contributed by atoms with van der Waals surface area (Å²) in [6.07, 6.45) is 2.51. The van der Waals surface area contributed by atoms with Crippen LogP contribution in [0.2, 0.25) is 0 Å². The summed E-state index contributed by atoms with van der Waals surface area (Å²) in [5.74, 6) is 1.32. The van der Waals surface area contributed by atoms with Crippen LogP contribution in [0.4, 0.5) is 4.39 Å². The lowest BCUT2D eigenvalue weighted by Gasteiger charge is -2.10. The number of hydrogen-bond donors (Lipinski definition) is 2. The van der Waals surface area contributed by atoms with Crippen molar-refractivity contribution >= 4 is 28.6 Å². The van der Waals surface area contributed by atoms with Gasteiger partial charge in [0.15, 0.2) is 5.16 Å². The highest BCUT2D eigenvalue weighted by Gasteiger charge is 2.14. The molecule has 0 saturated heterocycles. The van der Waals surface area contributed by atoms with Crippen LogP contribution in [-0.4, -0.2) is 45.1 Å². The number of aromatic amines is 1. The predicted molar refractivity (Wildman–Crippen MR) is 118 cm³/mol. The number of carbonyl (C=O) groups excluding carboxylic acids is 1. The van der Waals surface area contributed by atoms with Gasteiger partial charge >= 0.3 is 0 Å². The summed E-state index contributed by atoms with van der Waals surface area (Å²) in [7, 11) is 1.62. The normalized spacial score (nSPS) is 11.1. The lowest BCUT2D eigenvalue weighted by molar-refractivity contribution is -0.118. The highest BCUT2D eigenvalue weighted by Crippen LogP contribution is 2.24. The van der Waals surface area contributed by atoms with E-state index >= 15 is 0 Å². The summed E-state index contributed by atoms with van der Waals surface area (Å²) in [5.41, 5.74) is 2.67. The number of aryl methyl sites for hydroxylation is 1. The standard InChI is InChI=1S/C22H22FN5O2S/c1-14-26-27-22(28(14)17-4-3-5-18(11-17)30-2)31-13-21(29)24-9-8-15-12-25-20-10-16(23)6-7-19(15)20/h3-7,10-12,25H,8-9,13H2,1-2H3,(H,24,29). The Hall–Kier alpha value is -3.33. The molecule has 0 radical (unpaired) electrons. The van der Waals surface area contributed by atoms with Crippen LogP contribution in [0.5, 0.6) is 5.75 Å². The summed E-state index contributed by atoms with van der Waals surface area (Å²) in [6.45, 7) is 2.36. The van der Waals surface area contributed by atoms with Crippen molar-refractivity contribution in [3.8, 4) is 11.4 Å². The second-order valence-corrected chi connectivity index (χ2v) is 7.90. The maximum absolute atomic E-state index is 13.3. The first-order valence-corrected chi connectivity index (χ1v) is 10.7. The minimum Gasteiger partial charge on any atom is -0.497 e. The molecule has 2 aromatic heterocycles. The number of carbonyl (C=O) groups is 1. The van der Waals surface area contributed by atoms with Crippen LogP contribution in [0.3, 0.4) is 0 Å². The number of nitrogens with zero attached hydrogens (tertiary/aromatic N) is 3. The van der Waals surface area contributed by atoms with E-state index in [1.165, 1.54) is 23.9 Å². The van der Waals surface area contributed by atoms with Crippen molar-refractivity contribution < 1.29 is 13.9 Å². The fraction of sp³-hybridized carbons (Fsp3) is 0.227. The topological polar surface area (TPSA) is 84.8 Å². The number of hydrogen-bond acceptors (Lipinski definition) is 5. The molecule has 2 heterocycles. The zero-order valence-corrected chi connectivity index (χ0v) is 18.0. The molecule has 7 nitrogen and oxygen atoms in total. The fourth-order valence-corrected chi connectivity index (χ4v) is 4.19. The van der Waals surface area contributed by atoms with Crippen molar-refractivity contribution in [2.45, 2.75) is 18.5 Å². The first-order chi connectivity index (χ1) is 15.0. The lowest BCUT2D eigenvalue weighted by atomic mass is 10.1. The van der Waals surface area contributed by atoms with E-state index in [1.54, 1.807) is 13.2 Å². The Morgan fingerprint density at radius 3 is 2.97 bits per heavy atom. The van der Waals surface area contributed by atoms with E-state index in [-0.39, 0.29) is 17.5 Å². The minimum atomic E-state index is -0.275. The maximum Gasteiger partial charge on any atom is 0.230 e. The minimum absolute atomic E-state index is 0.0891. The number of aromatic nitrogens is 4. The quantitative estimate of drug-likeness (QED) is 0.410. The number of thioether (sulfide) groups is 1. The number of ether oxygens (including phenoxy) is 1. The van der Waals surface area contributed by atoms with Crippen LogP contribution >= 0.6 is 11.8 Å². The summed E-state index contributed by atoms with van der Waals surface area (Å²) < 4.78 is 20.5. The Kier molecular flexibility index (Phi) is 6.22. The number of fused-ring (bicyclic) bond motifs is 1. The summed E-state index contributed by atoms with van der Waals surface area (Å²) >= 11 is 1.33. The Labute approximate surface area is 183 Å². The molecule has 0 atom stereocenters. The van der Waals surface area contributed by atoms with Gasteiger partial charge in [-0.3, -0.25) is 9.36 Å². The first kappa shape index (κ1) is 20.9. The van der Waals surface area contributed by atoms with Crippen LogP contribution in [0, 0.1) is 12.7 Å². The van der Waals surface area contributed by atoms with Crippen LogP contribution in [0.1, 0.15) is 11.4 Å². The molecule has 0 aliphatic rings. The van der Waals surface area contributed by atoms with Crippen molar-refractivity contribution in [2.24, 2.45) is 0 Å². The van der Waals surface area contributed by atoms with E-state index < -0.39 is 0 Å². The predicted octanol–water partition coefficient (Wildman–Crippen LogP) is 3.66. The molecule has 2 N–H and O–H groups in total. The second-order valence-electron chi connectivity index (χ2n) is 6.96. The number of benzene rings is 2. The van der Waals surface area contributed by atoms with Crippen LogP contribution in [0.15, 0.2) is 53.8 Å². The van der Waals surface area contributed by atoms with Gasteiger partial charge in [-0.2, -0.15) is 0 Å². The number of methoxy groups -OCH3 is 1. The first-order valence-electron chi connectivity index (χ1n) is 9.76. The smallest absolute Gasteiger partial charge is 0.230 e. The molecule has 4 rings (SSSR count). The fourth-order valence-electron chi connectivity index (χ4n) is 3.37. The van der Waals surface area contributed by atoms with E-state index in [0.29, 0.717) is 18.1 Å². The molecule has 0 aliphatic carbocycles. The van der Waals surface area contributed by atoms with E-state index in [0.717, 1.165) is 33.7 Å². The second kappa shape index (κ2) is 9.22. The molecule has 1 amide bonds. The van der Waals surface area contributed by atoms with Crippen LogP contribution in [0.25, 0.3) is 16.6 Å². The Morgan fingerprint density at radius 2 is 2.13 bits per heavy atom. The molecule has 0 saturated carbocycles.